The summed E-state index contributed by atoms with van der Waals surface area (Å²) < 4.78 is 19.3. The number of carboxylic acid groups (broad SMARTS) is 1. The summed E-state index contributed by atoms with van der Waals surface area (Å²) in [5.41, 5.74) is 5.91. The van der Waals surface area contributed by atoms with Crippen LogP contribution in [-0.2, 0) is 4.74 Å². The zero-order chi connectivity index (χ0) is 15.2. The van der Waals surface area contributed by atoms with Crippen molar-refractivity contribution in [2.24, 2.45) is 0 Å². The molecule has 0 heterocycles. The number of anilines is 2. The Hall–Kier alpha value is -1.82. The minimum atomic E-state index is -1.33. The molecule has 1 aliphatic rings. The molecule has 5 nitrogen and oxygen atoms in total. The van der Waals surface area contributed by atoms with Crippen LogP contribution in [-0.4, -0.2) is 30.3 Å². The summed E-state index contributed by atoms with van der Waals surface area (Å²) >= 11 is 0. The summed E-state index contributed by atoms with van der Waals surface area (Å²) in [4.78, 5) is 10.8. The number of carbonyl (C=O) groups is 1. The van der Waals surface area contributed by atoms with Crippen molar-refractivity contribution < 1.29 is 19.0 Å². The van der Waals surface area contributed by atoms with Gasteiger partial charge in [0, 0.05) is 6.54 Å². The molecule has 0 aliphatic heterocycles. The predicted octanol–water partition coefficient (Wildman–Crippen LogP) is 2.87. The molecule has 0 amide bonds. The highest BCUT2D eigenvalue weighted by molar-refractivity contribution is 5.90. The largest absolute Gasteiger partial charge is 0.478 e. The average molecular weight is 296 g/mol. The van der Waals surface area contributed by atoms with E-state index in [0.717, 1.165) is 25.0 Å². The third kappa shape index (κ3) is 4.32. The maximum Gasteiger partial charge on any atom is 0.338 e. The van der Waals surface area contributed by atoms with Gasteiger partial charge in [-0.2, -0.15) is 0 Å². The summed E-state index contributed by atoms with van der Waals surface area (Å²) in [6.07, 6.45) is 6.24. The van der Waals surface area contributed by atoms with E-state index >= 15 is 0 Å². The number of hydrogen-bond acceptors (Lipinski definition) is 4. The van der Waals surface area contributed by atoms with Crippen molar-refractivity contribution >= 4 is 17.3 Å². The fraction of sp³-hybridized carbons (Fsp3) is 0.533. The Morgan fingerprint density at radius 3 is 2.76 bits per heavy atom. The number of aromatic carboxylic acids is 1. The Morgan fingerprint density at radius 2 is 2.10 bits per heavy atom. The molecule has 0 aromatic heterocycles. The molecule has 0 unspecified atom stereocenters. The fourth-order valence-corrected chi connectivity index (χ4v) is 2.55. The van der Waals surface area contributed by atoms with Crippen LogP contribution in [0.5, 0.6) is 0 Å². The van der Waals surface area contributed by atoms with Crippen LogP contribution in [0.15, 0.2) is 12.1 Å². The highest BCUT2D eigenvalue weighted by Gasteiger charge is 2.15. The Labute approximate surface area is 123 Å². The first-order chi connectivity index (χ1) is 10.1. The molecule has 6 heteroatoms. The van der Waals surface area contributed by atoms with Crippen LogP contribution in [0, 0.1) is 5.82 Å². The normalized spacial score (nSPS) is 15.9. The third-order valence-electron chi connectivity index (χ3n) is 3.69. The van der Waals surface area contributed by atoms with Crippen molar-refractivity contribution in [3.05, 3.63) is 23.5 Å². The maximum absolute atomic E-state index is 13.6. The topological polar surface area (TPSA) is 84.6 Å². The monoisotopic (exact) mass is 296 g/mol. The van der Waals surface area contributed by atoms with Crippen LogP contribution in [0.25, 0.3) is 0 Å². The molecular formula is C15H21FN2O3. The van der Waals surface area contributed by atoms with Gasteiger partial charge in [0.05, 0.1) is 29.6 Å². The number of benzene rings is 1. The van der Waals surface area contributed by atoms with E-state index in [9.17, 15) is 9.18 Å². The van der Waals surface area contributed by atoms with Gasteiger partial charge in [0.25, 0.3) is 0 Å². The fourth-order valence-electron chi connectivity index (χ4n) is 2.55. The number of carboxylic acids is 1. The van der Waals surface area contributed by atoms with E-state index in [4.69, 9.17) is 15.6 Å². The van der Waals surface area contributed by atoms with Gasteiger partial charge in [-0.3, -0.25) is 0 Å². The smallest absolute Gasteiger partial charge is 0.338 e. The molecule has 0 saturated heterocycles. The Balaban J connectivity index is 1.82. The van der Waals surface area contributed by atoms with Crippen molar-refractivity contribution in [3.8, 4) is 0 Å². The zero-order valence-corrected chi connectivity index (χ0v) is 11.9. The Bertz CT molecular complexity index is 502. The van der Waals surface area contributed by atoms with Crippen LogP contribution < -0.4 is 11.1 Å². The highest BCUT2D eigenvalue weighted by atomic mass is 19.1. The van der Waals surface area contributed by atoms with E-state index < -0.39 is 17.3 Å². The van der Waals surface area contributed by atoms with Crippen molar-refractivity contribution in [1.82, 2.24) is 0 Å². The van der Waals surface area contributed by atoms with Gasteiger partial charge in [-0.25, -0.2) is 9.18 Å². The standard InChI is InChI=1S/C15H21FN2O3/c16-12-9-14(13(17)8-11(12)15(19)20)18-6-7-21-10-4-2-1-3-5-10/h8-10,18H,1-7,17H2,(H,19,20). The van der Waals surface area contributed by atoms with Gasteiger partial charge in [0.1, 0.15) is 5.82 Å². The van der Waals surface area contributed by atoms with Crippen LogP contribution in [0.4, 0.5) is 15.8 Å². The Morgan fingerprint density at radius 1 is 1.38 bits per heavy atom. The molecule has 1 aromatic carbocycles. The first-order valence-electron chi connectivity index (χ1n) is 7.25. The van der Waals surface area contributed by atoms with Gasteiger partial charge in [0.15, 0.2) is 0 Å². The van der Waals surface area contributed by atoms with Gasteiger partial charge >= 0.3 is 5.97 Å². The maximum atomic E-state index is 13.6. The van der Waals surface area contributed by atoms with Gasteiger partial charge in [0.2, 0.25) is 0 Å². The first kappa shape index (κ1) is 15.6. The molecule has 1 aromatic rings. The summed E-state index contributed by atoms with van der Waals surface area (Å²) in [5.74, 6) is -2.13. The van der Waals surface area contributed by atoms with Crippen molar-refractivity contribution in [2.75, 3.05) is 24.2 Å². The summed E-state index contributed by atoms with van der Waals surface area (Å²) in [6.45, 7) is 1.03. The van der Waals surface area contributed by atoms with Crippen molar-refractivity contribution in [1.29, 1.82) is 0 Å². The second kappa shape index (κ2) is 7.26. The van der Waals surface area contributed by atoms with E-state index in [-0.39, 0.29) is 5.69 Å². The predicted molar refractivity (Wildman–Crippen MR) is 79.1 cm³/mol. The van der Waals surface area contributed by atoms with Gasteiger partial charge < -0.3 is 20.9 Å². The molecule has 4 N–H and O–H groups in total. The molecule has 1 aliphatic carbocycles. The number of hydrogen-bond donors (Lipinski definition) is 3. The van der Waals surface area contributed by atoms with Crippen molar-refractivity contribution in [3.63, 3.8) is 0 Å². The average Bonchev–Trinajstić information content (AvgIpc) is 2.47. The molecule has 0 spiro atoms. The molecule has 1 saturated carbocycles. The number of nitrogen functional groups attached to an aromatic ring is 1. The molecule has 2 rings (SSSR count). The summed E-state index contributed by atoms with van der Waals surface area (Å²) in [5, 5.41) is 11.8. The quantitative estimate of drug-likeness (QED) is 0.555. The number of halogens is 1. The van der Waals surface area contributed by atoms with E-state index in [1.807, 2.05) is 0 Å². The second-order valence-corrected chi connectivity index (χ2v) is 5.28. The molecule has 0 radical (unpaired) electrons. The lowest BCUT2D eigenvalue weighted by Crippen LogP contribution is -2.20. The van der Waals surface area contributed by atoms with Crippen LogP contribution in [0.2, 0.25) is 0 Å². The van der Waals surface area contributed by atoms with Crippen LogP contribution >= 0.6 is 0 Å². The molecule has 0 atom stereocenters. The zero-order valence-electron chi connectivity index (χ0n) is 11.9. The minimum absolute atomic E-state index is 0.214. The van der Waals surface area contributed by atoms with Gasteiger partial charge in [-0.15, -0.1) is 0 Å². The number of ether oxygens (including phenoxy) is 1. The summed E-state index contributed by atoms with van der Waals surface area (Å²) in [6, 6.07) is 2.24. The van der Waals surface area contributed by atoms with E-state index in [1.54, 1.807) is 0 Å². The lowest BCUT2D eigenvalue weighted by molar-refractivity contribution is 0.0347. The lowest BCUT2D eigenvalue weighted by Gasteiger charge is -2.22. The SMILES string of the molecule is Nc1cc(C(=O)O)c(F)cc1NCCOC1CCCCC1. The second-order valence-electron chi connectivity index (χ2n) is 5.28. The van der Waals surface area contributed by atoms with Gasteiger partial charge in [-0.05, 0) is 25.0 Å². The molecular weight excluding hydrogens is 275 g/mol. The molecule has 0 bridgehead atoms. The number of nitrogens with two attached hydrogens (primary N) is 1. The molecule has 21 heavy (non-hydrogen) atoms. The Kier molecular flexibility index (Phi) is 5.38. The lowest BCUT2D eigenvalue weighted by atomic mass is 9.98. The van der Waals surface area contributed by atoms with E-state index in [2.05, 4.69) is 5.32 Å². The molecule has 1 fully saturated rings. The summed E-state index contributed by atoms with van der Waals surface area (Å²) in [7, 11) is 0. The van der Waals surface area contributed by atoms with Crippen LogP contribution in [0.3, 0.4) is 0 Å². The third-order valence-corrected chi connectivity index (χ3v) is 3.69. The van der Waals surface area contributed by atoms with E-state index in [1.165, 1.54) is 19.3 Å². The number of rotatable bonds is 6. The molecule has 116 valence electrons. The highest BCUT2D eigenvalue weighted by Crippen LogP contribution is 2.23. The minimum Gasteiger partial charge on any atom is -0.478 e. The number of nitrogens with one attached hydrogen (secondary N) is 1. The van der Waals surface area contributed by atoms with E-state index in [0.29, 0.717) is 24.9 Å². The van der Waals surface area contributed by atoms with Crippen molar-refractivity contribution in [2.45, 2.75) is 38.2 Å². The van der Waals surface area contributed by atoms with Gasteiger partial charge in [-0.1, -0.05) is 19.3 Å². The van der Waals surface area contributed by atoms with Crippen LogP contribution in [0.1, 0.15) is 42.5 Å². The first-order valence-corrected chi connectivity index (χ1v) is 7.25.